The van der Waals surface area contributed by atoms with E-state index in [-0.39, 0.29) is 29.4 Å². The third-order valence-corrected chi connectivity index (χ3v) is 6.11. The highest BCUT2D eigenvalue weighted by Gasteiger charge is 2.38. The van der Waals surface area contributed by atoms with Gasteiger partial charge in [0.25, 0.3) is 0 Å². The molecule has 0 radical (unpaired) electrons. The predicted octanol–water partition coefficient (Wildman–Crippen LogP) is -0.396. The lowest BCUT2D eigenvalue weighted by atomic mass is 9.85. The molecule has 1 saturated heterocycles. The predicted molar refractivity (Wildman–Crippen MR) is 76.3 cm³/mol. The van der Waals surface area contributed by atoms with Gasteiger partial charge in [-0.15, -0.1) is 0 Å². The Morgan fingerprint density at radius 1 is 1.14 bits per heavy atom. The number of hydrogen-bond acceptors (Lipinski definition) is 5. The van der Waals surface area contributed by atoms with Crippen molar-refractivity contribution in [3.8, 4) is 0 Å². The number of aliphatic carboxylic acids is 1. The first-order valence-corrected chi connectivity index (χ1v) is 9.09. The fourth-order valence-electron chi connectivity index (χ4n) is 3.15. The van der Waals surface area contributed by atoms with E-state index < -0.39 is 28.4 Å². The molecule has 3 N–H and O–H groups in total. The van der Waals surface area contributed by atoms with Crippen LogP contribution in [0.2, 0.25) is 0 Å². The minimum Gasteiger partial charge on any atom is -0.480 e. The fourth-order valence-corrected chi connectivity index (χ4v) is 4.89. The Morgan fingerprint density at radius 3 is 2.24 bits per heavy atom. The largest absolute Gasteiger partial charge is 0.480 e. The van der Waals surface area contributed by atoms with Gasteiger partial charge in [-0.3, -0.25) is 9.59 Å². The molecule has 8 heteroatoms. The van der Waals surface area contributed by atoms with Gasteiger partial charge in [0, 0.05) is 18.0 Å². The van der Waals surface area contributed by atoms with Gasteiger partial charge in [0.1, 0.15) is 6.54 Å². The molecule has 0 bridgehead atoms. The van der Waals surface area contributed by atoms with Crippen LogP contribution >= 0.6 is 0 Å². The molecule has 1 unspecified atom stereocenters. The van der Waals surface area contributed by atoms with Crippen molar-refractivity contribution in [1.29, 1.82) is 0 Å². The van der Waals surface area contributed by atoms with E-state index in [4.69, 9.17) is 10.8 Å². The van der Waals surface area contributed by atoms with Crippen molar-refractivity contribution >= 4 is 21.7 Å². The molecular weight excluding hydrogens is 296 g/mol. The van der Waals surface area contributed by atoms with Crippen molar-refractivity contribution in [3.05, 3.63) is 0 Å². The zero-order chi connectivity index (χ0) is 15.6. The third-order valence-electron chi connectivity index (χ3n) is 4.36. The monoisotopic (exact) mass is 318 g/mol. The number of nitrogens with zero attached hydrogens (tertiary/aromatic N) is 1. The summed E-state index contributed by atoms with van der Waals surface area (Å²) in [6, 6.07) is -0.400. The van der Waals surface area contributed by atoms with E-state index in [1.807, 2.05) is 0 Å². The first-order valence-electron chi connectivity index (χ1n) is 7.27. The summed E-state index contributed by atoms with van der Waals surface area (Å²) in [6.07, 6.45) is 3.12. The Morgan fingerprint density at radius 2 is 1.76 bits per heavy atom. The van der Waals surface area contributed by atoms with Gasteiger partial charge >= 0.3 is 5.97 Å². The number of sulfone groups is 1. The average molecular weight is 318 g/mol. The minimum atomic E-state index is -3.16. The highest BCUT2D eigenvalue weighted by molar-refractivity contribution is 7.91. The molecule has 0 spiro atoms. The normalized spacial score (nSPS) is 31.8. The fraction of sp³-hybridized carbons (Fsp3) is 0.846. The van der Waals surface area contributed by atoms with Crippen LogP contribution in [0, 0.1) is 5.92 Å². The molecule has 0 aromatic carbocycles. The van der Waals surface area contributed by atoms with Crippen LogP contribution in [0.3, 0.4) is 0 Å². The first-order chi connectivity index (χ1) is 9.78. The summed E-state index contributed by atoms with van der Waals surface area (Å²) < 4.78 is 23.1. The van der Waals surface area contributed by atoms with Crippen molar-refractivity contribution in [1.82, 2.24) is 4.90 Å². The summed E-state index contributed by atoms with van der Waals surface area (Å²) >= 11 is 0. The summed E-state index contributed by atoms with van der Waals surface area (Å²) in [5.41, 5.74) is 5.81. The zero-order valence-corrected chi connectivity index (χ0v) is 12.7. The molecule has 1 aliphatic carbocycles. The SMILES string of the molecule is NC1CCC(C(=O)N(CC(=O)O)C2CCS(=O)(=O)C2)CC1. The zero-order valence-electron chi connectivity index (χ0n) is 11.9. The van der Waals surface area contributed by atoms with Gasteiger partial charge in [-0.2, -0.15) is 0 Å². The van der Waals surface area contributed by atoms with Crippen molar-refractivity contribution in [2.75, 3.05) is 18.1 Å². The number of carboxylic acids is 1. The van der Waals surface area contributed by atoms with Crippen molar-refractivity contribution in [2.24, 2.45) is 11.7 Å². The number of carbonyl (C=O) groups is 2. The van der Waals surface area contributed by atoms with Crippen LogP contribution in [0.15, 0.2) is 0 Å². The van der Waals surface area contributed by atoms with E-state index in [1.165, 1.54) is 4.90 Å². The van der Waals surface area contributed by atoms with Crippen LogP contribution in [0.1, 0.15) is 32.1 Å². The molecule has 1 amide bonds. The number of carboxylic acid groups (broad SMARTS) is 1. The lowest BCUT2D eigenvalue weighted by molar-refractivity contribution is -0.148. The molecule has 1 aliphatic heterocycles. The summed E-state index contributed by atoms with van der Waals surface area (Å²) in [5, 5.41) is 9.00. The maximum absolute atomic E-state index is 12.6. The molecule has 7 nitrogen and oxygen atoms in total. The van der Waals surface area contributed by atoms with Crippen LogP contribution in [-0.2, 0) is 19.4 Å². The van der Waals surface area contributed by atoms with Crippen LogP contribution < -0.4 is 5.73 Å². The van der Waals surface area contributed by atoms with E-state index in [1.54, 1.807) is 0 Å². The number of carbonyl (C=O) groups excluding carboxylic acids is 1. The molecule has 120 valence electrons. The highest BCUT2D eigenvalue weighted by atomic mass is 32.2. The first kappa shape index (κ1) is 16.2. The van der Waals surface area contributed by atoms with E-state index >= 15 is 0 Å². The highest BCUT2D eigenvalue weighted by Crippen LogP contribution is 2.27. The maximum Gasteiger partial charge on any atom is 0.323 e. The Bertz CT molecular complexity index is 511. The Labute approximate surface area is 124 Å². The topological polar surface area (TPSA) is 118 Å². The van der Waals surface area contributed by atoms with Gasteiger partial charge in [-0.25, -0.2) is 8.42 Å². The van der Waals surface area contributed by atoms with Gasteiger partial charge in [0.15, 0.2) is 9.84 Å². The molecule has 2 rings (SSSR count). The molecule has 1 saturated carbocycles. The van der Waals surface area contributed by atoms with Crippen LogP contribution in [0.5, 0.6) is 0 Å². The molecule has 2 fully saturated rings. The summed E-state index contributed by atoms with van der Waals surface area (Å²) in [4.78, 5) is 24.8. The second-order valence-corrected chi connectivity index (χ2v) is 8.26. The number of hydrogen-bond donors (Lipinski definition) is 2. The van der Waals surface area contributed by atoms with Crippen molar-refractivity contribution < 1.29 is 23.1 Å². The quantitative estimate of drug-likeness (QED) is 0.728. The van der Waals surface area contributed by atoms with E-state index in [2.05, 4.69) is 0 Å². The number of amides is 1. The Hall–Kier alpha value is -1.15. The molecule has 2 aliphatic rings. The summed E-state index contributed by atoms with van der Waals surface area (Å²) in [6.45, 7) is -0.429. The van der Waals surface area contributed by atoms with E-state index in [0.717, 1.165) is 12.8 Å². The van der Waals surface area contributed by atoms with Gasteiger partial charge < -0.3 is 15.7 Å². The summed E-state index contributed by atoms with van der Waals surface area (Å²) in [5.74, 6) is -1.67. The Balaban J connectivity index is 2.08. The molecule has 1 heterocycles. The number of nitrogens with two attached hydrogens (primary N) is 1. The van der Waals surface area contributed by atoms with E-state index in [9.17, 15) is 18.0 Å². The molecule has 0 aromatic rings. The van der Waals surface area contributed by atoms with Crippen LogP contribution in [0.25, 0.3) is 0 Å². The molecule has 21 heavy (non-hydrogen) atoms. The maximum atomic E-state index is 12.6. The summed E-state index contributed by atoms with van der Waals surface area (Å²) in [7, 11) is -3.16. The smallest absolute Gasteiger partial charge is 0.323 e. The van der Waals surface area contributed by atoms with Gasteiger partial charge in [-0.1, -0.05) is 0 Å². The number of rotatable bonds is 4. The molecule has 0 aromatic heterocycles. The van der Waals surface area contributed by atoms with Crippen molar-refractivity contribution in [2.45, 2.75) is 44.2 Å². The standard InChI is InChI=1S/C13H22N2O5S/c14-10-3-1-9(2-4-10)13(18)15(7-12(16)17)11-5-6-21(19,20)8-11/h9-11H,1-8,14H2,(H,16,17). The average Bonchev–Trinajstić information content (AvgIpc) is 2.76. The van der Waals surface area contributed by atoms with Gasteiger partial charge in [-0.05, 0) is 32.1 Å². The molecule has 1 atom stereocenters. The van der Waals surface area contributed by atoms with Crippen molar-refractivity contribution in [3.63, 3.8) is 0 Å². The molecular formula is C13H22N2O5S. The van der Waals surface area contributed by atoms with Crippen LogP contribution in [-0.4, -0.2) is 60.4 Å². The van der Waals surface area contributed by atoms with Gasteiger partial charge in [0.05, 0.1) is 11.5 Å². The Kier molecular flexibility index (Phi) is 4.88. The third kappa shape index (κ3) is 4.16. The lowest BCUT2D eigenvalue weighted by Gasteiger charge is -2.33. The minimum absolute atomic E-state index is 0.0244. The lowest BCUT2D eigenvalue weighted by Crippen LogP contribution is -2.48. The van der Waals surface area contributed by atoms with E-state index in [0.29, 0.717) is 19.3 Å². The second-order valence-electron chi connectivity index (χ2n) is 6.03. The second kappa shape index (κ2) is 6.31. The van der Waals surface area contributed by atoms with Gasteiger partial charge in [0.2, 0.25) is 5.91 Å². The van der Waals surface area contributed by atoms with Crippen LogP contribution in [0.4, 0.5) is 0 Å².